The van der Waals surface area contributed by atoms with Gasteiger partial charge in [-0.1, -0.05) is 0 Å². The molecule has 0 fully saturated rings. The van der Waals surface area contributed by atoms with Crippen molar-refractivity contribution in [3.63, 3.8) is 0 Å². The maximum absolute atomic E-state index is 13.1. The Balaban J connectivity index is 2.82. The van der Waals surface area contributed by atoms with E-state index in [0.717, 1.165) is 12.1 Å². The van der Waals surface area contributed by atoms with Crippen LogP contribution < -0.4 is 5.73 Å². The second-order valence-corrected chi connectivity index (χ2v) is 6.31. The Morgan fingerprint density at radius 1 is 1.29 bits per heavy atom. The number of anilines is 1. The number of nitrogens with zero attached hydrogens (tertiary/aromatic N) is 1. The molecular formula is C11H17FN2O2S. The summed E-state index contributed by atoms with van der Waals surface area (Å²) in [6, 6.07) is 3.38. The summed E-state index contributed by atoms with van der Waals surface area (Å²) in [7, 11) is 0.288. The van der Waals surface area contributed by atoms with E-state index in [1.165, 1.54) is 6.07 Å². The van der Waals surface area contributed by atoms with Gasteiger partial charge in [-0.05, 0) is 45.3 Å². The van der Waals surface area contributed by atoms with Gasteiger partial charge in [0.25, 0.3) is 0 Å². The fourth-order valence-electron chi connectivity index (χ4n) is 1.45. The van der Waals surface area contributed by atoms with Crippen molar-refractivity contribution < 1.29 is 12.8 Å². The molecule has 1 aromatic rings. The second kappa shape index (κ2) is 5.46. The predicted octanol–water partition coefficient (Wildman–Crippen LogP) is 1.13. The molecule has 96 valence electrons. The van der Waals surface area contributed by atoms with Gasteiger partial charge in [-0.15, -0.1) is 0 Å². The summed E-state index contributed by atoms with van der Waals surface area (Å²) in [5.41, 5.74) is 5.54. The molecule has 0 atom stereocenters. The van der Waals surface area contributed by atoms with Crippen LogP contribution in [0, 0.1) is 5.82 Å². The Hall–Kier alpha value is -1.14. The molecule has 0 saturated carbocycles. The molecule has 0 aliphatic carbocycles. The van der Waals surface area contributed by atoms with Crippen molar-refractivity contribution in [3.8, 4) is 0 Å². The summed E-state index contributed by atoms with van der Waals surface area (Å²) in [5.74, 6) is -0.634. The number of nitrogens with two attached hydrogens (primary N) is 1. The summed E-state index contributed by atoms with van der Waals surface area (Å²) < 4.78 is 36.8. The van der Waals surface area contributed by atoms with Crippen molar-refractivity contribution in [2.75, 3.05) is 32.1 Å². The molecule has 0 unspecified atom stereocenters. The molecule has 0 aliphatic rings. The molecular weight excluding hydrogens is 243 g/mol. The molecule has 0 bridgehead atoms. The monoisotopic (exact) mass is 260 g/mol. The third kappa shape index (κ3) is 4.32. The van der Waals surface area contributed by atoms with E-state index in [9.17, 15) is 12.8 Å². The maximum atomic E-state index is 13.1. The highest BCUT2D eigenvalue weighted by molar-refractivity contribution is 7.91. The zero-order valence-corrected chi connectivity index (χ0v) is 10.8. The molecule has 17 heavy (non-hydrogen) atoms. The van der Waals surface area contributed by atoms with Crippen molar-refractivity contribution in [3.05, 3.63) is 24.0 Å². The van der Waals surface area contributed by atoms with Crippen LogP contribution in [-0.4, -0.2) is 39.7 Å². The highest BCUT2D eigenvalue weighted by Gasteiger charge is 2.15. The molecule has 0 heterocycles. The van der Waals surface area contributed by atoms with Gasteiger partial charge in [0.05, 0.1) is 10.6 Å². The standard InChI is InChI=1S/C11H17FN2O2S/c1-14(2)4-3-5-17(15,16)11-7-9(12)6-10(13)8-11/h6-8H,3-5,13H2,1-2H3. The molecule has 0 aromatic heterocycles. The quantitative estimate of drug-likeness (QED) is 0.806. The van der Waals surface area contributed by atoms with Gasteiger partial charge < -0.3 is 10.6 Å². The fraction of sp³-hybridized carbons (Fsp3) is 0.455. The van der Waals surface area contributed by atoms with Gasteiger partial charge in [0, 0.05) is 5.69 Å². The third-order valence-electron chi connectivity index (χ3n) is 2.27. The summed E-state index contributed by atoms with van der Waals surface area (Å²) in [6.45, 7) is 0.671. The Kier molecular flexibility index (Phi) is 4.47. The van der Waals surface area contributed by atoms with E-state index >= 15 is 0 Å². The van der Waals surface area contributed by atoms with Crippen LogP contribution >= 0.6 is 0 Å². The summed E-state index contributed by atoms with van der Waals surface area (Å²) in [6.07, 6.45) is 0.506. The van der Waals surface area contributed by atoms with Gasteiger partial charge in [0.15, 0.2) is 9.84 Å². The van der Waals surface area contributed by atoms with Crippen LogP contribution in [0.1, 0.15) is 6.42 Å². The third-order valence-corrected chi connectivity index (χ3v) is 4.05. The summed E-state index contributed by atoms with van der Waals surface area (Å²) in [5, 5.41) is 0. The van der Waals surface area contributed by atoms with Crippen LogP contribution in [0.3, 0.4) is 0 Å². The molecule has 0 saturated heterocycles. The van der Waals surface area contributed by atoms with E-state index in [1.807, 2.05) is 19.0 Å². The van der Waals surface area contributed by atoms with Crippen molar-refractivity contribution >= 4 is 15.5 Å². The number of hydrogen-bond donors (Lipinski definition) is 1. The van der Waals surface area contributed by atoms with Gasteiger partial charge in [0.1, 0.15) is 5.82 Å². The lowest BCUT2D eigenvalue weighted by atomic mass is 10.3. The second-order valence-electron chi connectivity index (χ2n) is 4.20. The zero-order valence-electron chi connectivity index (χ0n) is 9.98. The molecule has 0 amide bonds. The Morgan fingerprint density at radius 2 is 1.94 bits per heavy atom. The molecule has 0 spiro atoms. The zero-order chi connectivity index (χ0) is 13.1. The number of halogens is 1. The number of hydrogen-bond acceptors (Lipinski definition) is 4. The first kappa shape index (κ1) is 13.9. The predicted molar refractivity (Wildman–Crippen MR) is 66.0 cm³/mol. The van der Waals surface area contributed by atoms with E-state index < -0.39 is 15.7 Å². The average Bonchev–Trinajstić information content (AvgIpc) is 2.14. The van der Waals surface area contributed by atoms with Crippen LogP contribution in [-0.2, 0) is 9.84 Å². The first-order chi connectivity index (χ1) is 7.81. The normalized spacial score (nSPS) is 12.0. The first-order valence-corrected chi connectivity index (χ1v) is 6.90. The van der Waals surface area contributed by atoms with E-state index in [2.05, 4.69) is 0 Å². The van der Waals surface area contributed by atoms with E-state index in [0.29, 0.717) is 13.0 Å². The summed E-state index contributed by atoms with van der Waals surface area (Å²) >= 11 is 0. The molecule has 1 aromatic carbocycles. The van der Waals surface area contributed by atoms with Gasteiger partial charge in [0.2, 0.25) is 0 Å². The molecule has 1 rings (SSSR count). The van der Waals surface area contributed by atoms with Crippen LogP contribution in [0.4, 0.5) is 10.1 Å². The lowest BCUT2D eigenvalue weighted by Gasteiger charge is -2.10. The van der Waals surface area contributed by atoms with Crippen molar-refractivity contribution in [2.24, 2.45) is 0 Å². The topological polar surface area (TPSA) is 63.4 Å². The lowest BCUT2D eigenvalue weighted by Crippen LogP contribution is -2.17. The van der Waals surface area contributed by atoms with Gasteiger partial charge in [-0.3, -0.25) is 0 Å². The lowest BCUT2D eigenvalue weighted by molar-refractivity contribution is 0.408. The minimum absolute atomic E-state index is 0.00588. The van der Waals surface area contributed by atoms with Crippen LogP contribution in [0.15, 0.2) is 23.1 Å². The Labute approximate surface area is 101 Å². The summed E-state index contributed by atoms with van der Waals surface area (Å²) in [4.78, 5) is 1.85. The molecule has 2 N–H and O–H groups in total. The highest BCUT2D eigenvalue weighted by atomic mass is 32.2. The molecule has 4 nitrogen and oxygen atoms in total. The van der Waals surface area contributed by atoms with E-state index in [1.54, 1.807) is 0 Å². The fourth-order valence-corrected chi connectivity index (χ4v) is 2.81. The Bertz CT molecular complexity index is 466. The number of nitrogen functional groups attached to an aromatic ring is 1. The maximum Gasteiger partial charge on any atom is 0.178 e. The minimum Gasteiger partial charge on any atom is -0.399 e. The molecule has 6 heteroatoms. The van der Waals surface area contributed by atoms with E-state index in [-0.39, 0.29) is 16.3 Å². The number of benzene rings is 1. The highest BCUT2D eigenvalue weighted by Crippen LogP contribution is 2.17. The van der Waals surface area contributed by atoms with Crippen LogP contribution in [0.2, 0.25) is 0 Å². The van der Waals surface area contributed by atoms with Crippen molar-refractivity contribution in [1.29, 1.82) is 0 Å². The van der Waals surface area contributed by atoms with Crippen molar-refractivity contribution in [2.45, 2.75) is 11.3 Å². The SMILES string of the molecule is CN(C)CCCS(=O)(=O)c1cc(N)cc(F)c1. The Morgan fingerprint density at radius 3 is 2.47 bits per heavy atom. The number of sulfone groups is 1. The largest absolute Gasteiger partial charge is 0.399 e. The van der Waals surface area contributed by atoms with Gasteiger partial charge >= 0.3 is 0 Å². The number of rotatable bonds is 5. The minimum atomic E-state index is -3.45. The van der Waals surface area contributed by atoms with Gasteiger partial charge in [-0.25, -0.2) is 12.8 Å². The van der Waals surface area contributed by atoms with E-state index in [4.69, 9.17) is 5.73 Å². The van der Waals surface area contributed by atoms with Crippen LogP contribution in [0.25, 0.3) is 0 Å². The molecule has 0 radical (unpaired) electrons. The smallest absolute Gasteiger partial charge is 0.178 e. The first-order valence-electron chi connectivity index (χ1n) is 5.25. The van der Waals surface area contributed by atoms with Crippen LogP contribution in [0.5, 0.6) is 0 Å². The van der Waals surface area contributed by atoms with Gasteiger partial charge in [-0.2, -0.15) is 0 Å². The average molecular weight is 260 g/mol. The van der Waals surface area contributed by atoms with Crippen molar-refractivity contribution in [1.82, 2.24) is 4.90 Å². The molecule has 0 aliphatic heterocycles.